The van der Waals surface area contributed by atoms with Crippen LogP contribution >= 0.6 is 11.3 Å². The minimum absolute atomic E-state index is 0.118. The molecule has 2 rings (SSSR count). The van der Waals surface area contributed by atoms with Crippen molar-refractivity contribution in [2.45, 2.75) is 18.0 Å². The van der Waals surface area contributed by atoms with Crippen LogP contribution in [0.15, 0.2) is 28.7 Å². The van der Waals surface area contributed by atoms with Gasteiger partial charge >= 0.3 is 0 Å². The van der Waals surface area contributed by atoms with E-state index in [0.717, 1.165) is 0 Å². The number of imidazole rings is 1. The third-order valence-corrected chi connectivity index (χ3v) is 5.00. The maximum Gasteiger partial charge on any atom is 0.242 e. The lowest BCUT2D eigenvalue weighted by atomic mass is 10.5. The SMILES string of the molecule is Cn1ccnc1CNS(=O)(=O)c1ccsc1CO. The molecule has 8 heteroatoms. The Bertz CT molecular complexity index is 630. The van der Waals surface area contributed by atoms with Crippen LogP contribution in [0, 0.1) is 0 Å². The predicted molar refractivity (Wildman–Crippen MR) is 67.5 cm³/mol. The van der Waals surface area contributed by atoms with Gasteiger partial charge in [0.05, 0.1) is 18.0 Å². The smallest absolute Gasteiger partial charge is 0.242 e. The molecule has 0 saturated heterocycles. The molecule has 0 amide bonds. The molecule has 2 N–H and O–H groups in total. The van der Waals surface area contributed by atoms with Crippen LogP contribution in [0.1, 0.15) is 10.7 Å². The van der Waals surface area contributed by atoms with Crippen molar-refractivity contribution in [1.82, 2.24) is 14.3 Å². The van der Waals surface area contributed by atoms with Crippen molar-refractivity contribution in [3.8, 4) is 0 Å². The van der Waals surface area contributed by atoms with Gasteiger partial charge in [-0.3, -0.25) is 0 Å². The highest BCUT2D eigenvalue weighted by molar-refractivity contribution is 7.89. The zero-order valence-electron chi connectivity index (χ0n) is 9.70. The van der Waals surface area contributed by atoms with E-state index in [4.69, 9.17) is 5.11 Å². The molecule has 6 nitrogen and oxygen atoms in total. The first kappa shape index (κ1) is 13.2. The first-order valence-electron chi connectivity index (χ1n) is 5.17. The Morgan fingerprint density at radius 2 is 2.33 bits per heavy atom. The number of aliphatic hydroxyl groups excluding tert-OH is 1. The van der Waals surface area contributed by atoms with E-state index in [9.17, 15) is 8.42 Å². The summed E-state index contributed by atoms with van der Waals surface area (Å²) in [5.74, 6) is 0.624. The number of aryl methyl sites for hydroxylation is 1. The van der Waals surface area contributed by atoms with E-state index in [-0.39, 0.29) is 18.0 Å². The Morgan fingerprint density at radius 3 is 2.94 bits per heavy atom. The molecule has 0 bridgehead atoms. The monoisotopic (exact) mass is 287 g/mol. The number of aliphatic hydroxyl groups is 1. The maximum absolute atomic E-state index is 12.0. The number of rotatable bonds is 5. The van der Waals surface area contributed by atoms with E-state index < -0.39 is 10.0 Å². The molecule has 0 radical (unpaired) electrons. The molecule has 18 heavy (non-hydrogen) atoms. The number of nitrogens with zero attached hydrogens (tertiary/aromatic N) is 2. The normalized spacial score (nSPS) is 11.9. The largest absolute Gasteiger partial charge is 0.391 e. The fourth-order valence-electron chi connectivity index (χ4n) is 1.49. The van der Waals surface area contributed by atoms with Crippen molar-refractivity contribution < 1.29 is 13.5 Å². The second-order valence-corrected chi connectivity index (χ2v) is 6.38. The van der Waals surface area contributed by atoms with Gasteiger partial charge in [0.1, 0.15) is 5.82 Å². The van der Waals surface area contributed by atoms with Gasteiger partial charge in [0.25, 0.3) is 0 Å². The summed E-state index contributed by atoms with van der Waals surface area (Å²) in [4.78, 5) is 4.59. The molecule has 98 valence electrons. The van der Waals surface area contributed by atoms with Crippen molar-refractivity contribution in [1.29, 1.82) is 0 Å². The van der Waals surface area contributed by atoms with E-state index in [1.807, 2.05) is 0 Å². The second-order valence-electron chi connectivity index (χ2n) is 3.65. The number of aromatic nitrogens is 2. The topological polar surface area (TPSA) is 84.2 Å². The third-order valence-electron chi connectivity index (χ3n) is 2.48. The highest BCUT2D eigenvalue weighted by atomic mass is 32.2. The summed E-state index contributed by atoms with van der Waals surface area (Å²) < 4.78 is 28.3. The van der Waals surface area contributed by atoms with Gasteiger partial charge in [0, 0.05) is 24.3 Å². The Morgan fingerprint density at radius 1 is 1.56 bits per heavy atom. The van der Waals surface area contributed by atoms with Crippen LogP contribution in [0.5, 0.6) is 0 Å². The second kappa shape index (κ2) is 5.19. The van der Waals surface area contributed by atoms with E-state index >= 15 is 0 Å². The molecule has 0 saturated carbocycles. The standard InChI is InChI=1S/C10H13N3O3S2/c1-13-4-3-11-10(13)6-12-18(15,16)9-2-5-17-8(9)7-14/h2-5,12,14H,6-7H2,1H3. The predicted octanol–water partition coefficient (Wildman–Crippen LogP) is 0.452. The molecule has 0 spiro atoms. The zero-order chi connectivity index (χ0) is 13.2. The minimum atomic E-state index is -3.61. The molecule has 2 aromatic rings. The lowest BCUT2D eigenvalue weighted by molar-refractivity contribution is 0.282. The first-order valence-corrected chi connectivity index (χ1v) is 7.54. The summed E-state index contributed by atoms with van der Waals surface area (Å²) in [5, 5.41) is 10.7. The summed E-state index contributed by atoms with van der Waals surface area (Å²) in [6.07, 6.45) is 3.35. The molecule has 0 unspecified atom stereocenters. The molecule has 0 aliphatic heterocycles. The Kier molecular flexibility index (Phi) is 3.81. The summed E-state index contributed by atoms with van der Waals surface area (Å²) in [6, 6.07) is 1.48. The average Bonchev–Trinajstić information content (AvgIpc) is 2.95. The fraction of sp³-hybridized carbons (Fsp3) is 0.300. The lowest BCUT2D eigenvalue weighted by Gasteiger charge is -2.06. The van der Waals surface area contributed by atoms with Crippen LogP contribution in [0.4, 0.5) is 0 Å². The van der Waals surface area contributed by atoms with Crippen molar-refractivity contribution >= 4 is 21.4 Å². The highest BCUT2D eigenvalue weighted by Gasteiger charge is 2.19. The van der Waals surface area contributed by atoms with Crippen LogP contribution in [0.3, 0.4) is 0 Å². The van der Waals surface area contributed by atoms with Crippen LogP contribution in [-0.2, 0) is 30.2 Å². The quantitative estimate of drug-likeness (QED) is 0.836. The summed E-state index contributed by atoms with van der Waals surface area (Å²) in [7, 11) is -1.81. The molecule has 0 fully saturated rings. The number of nitrogens with one attached hydrogen (secondary N) is 1. The van der Waals surface area contributed by atoms with Gasteiger partial charge in [0.2, 0.25) is 10.0 Å². The number of hydrogen-bond donors (Lipinski definition) is 2. The van der Waals surface area contributed by atoms with Crippen molar-refractivity contribution in [2.24, 2.45) is 7.05 Å². The molecule has 2 aromatic heterocycles. The Hall–Kier alpha value is -1.22. The number of thiophene rings is 1. The maximum atomic E-state index is 12.0. The third kappa shape index (κ3) is 2.61. The first-order chi connectivity index (χ1) is 8.54. The van der Waals surface area contributed by atoms with Gasteiger partial charge in [-0.1, -0.05) is 0 Å². The van der Waals surface area contributed by atoms with Gasteiger partial charge in [-0.05, 0) is 11.4 Å². The average molecular weight is 287 g/mol. The highest BCUT2D eigenvalue weighted by Crippen LogP contribution is 2.21. The molecule has 2 heterocycles. The number of hydrogen-bond acceptors (Lipinski definition) is 5. The van der Waals surface area contributed by atoms with Gasteiger partial charge in [-0.15, -0.1) is 11.3 Å². The van der Waals surface area contributed by atoms with E-state index in [1.54, 1.807) is 29.4 Å². The van der Waals surface area contributed by atoms with E-state index in [2.05, 4.69) is 9.71 Å². The van der Waals surface area contributed by atoms with Crippen molar-refractivity contribution in [3.05, 3.63) is 34.5 Å². The van der Waals surface area contributed by atoms with Gasteiger partial charge in [-0.25, -0.2) is 18.1 Å². The minimum Gasteiger partial charge on any atom is -0.391 e. The van der Waals surface area contributed by atoms with E-state index in [1.165, 1.54) is 17.4 Å². The van der Waals surface area contributed by atoms with Crippen LogP contribution in [-0.4, -0.2) is 23.1 Å². The van der Waals surface area contributed by atoms with Gasteiger partial charge < -0.3 is 9.67 Å². The van der Waals surface area contributed by atoms with Crippen LogP contribution in [0.2, 0.25) is 0 Å². The molecule has 0 atom stereocenters. The molecular formula is C10H13N3O3S2. The lowest BCUT2D eigenvalue weighted by Crippen LogP contribution is -2.25. The summed E-state index contributed by atoms with van der Waals surface area (Å²) in [5.41, 5.74) is 0. The molecule has 0 aliphatic rings. The zero-order valence-corrected chi connectivity index (χ0v) is 11.3. The number of sulfonamides is 1. The van der Waals surface area contributed by atoms with Crippen molar-refractivity contribution in [3.63, 3.8) is 0 Å². The van der Waals surface area contributed by atoms with Crippen LogP contribution < -0.4 is 4.72 Å². The summed E-state index contributed by atoms with van der Waals surface area (Å²) in [6.45, 7) is -0.164. The molecular weight excluding hydrogens is 274 g/mol. The van der Waals surface area contributed by atoms with Crippen molar-refractivity contribution in [2.75, 3.05) is 0 Å². The van der Waals surface area contributed by atoms with Crippen LogP contribution in [0.25, 0.3) is 0 Å². The summed E-state index contributed by atoms with van der Waals surface area (Å²) >= 11 is 1.21. The van der Waals surface area contributed by atoms with Gasteiger partial charge in [-0.2, -0.15) is 0 Å². The molecule has 0 aromatic carbocycles. The van der Waals surface area contributed by atoms with Gasteiger partial charge in [0.15, 0.2) is 0 Å². The fourth-order valence-corrected chi connectivity index (χ4v) is 3.76. The Balaban J connectivity index is 2.16. The Labute approximate surface area is 109 Å². The van der Waals surface area contributed by atoms with E-state index in [0.29, 0.717) is 10.7 Å². The molecule has 0 aliphatic carbocycles.